The third kappa shape index (κ3) is 2.63. The molecule has 2 rings (SSSR count). The highest BCUT2D eigenvalue weighted by atomic mass is 35.5. The highest BCUT2D eigenvalue weighted by molar-refractivity contribution is 6.30. The van der Waals surface area contributed by atoms with Gasteiger partial charge >= 0.3 is 0 Å². The molecule has 0 amide bonds. The topological polar surface area (TPSA) is 66.0 Å². The average molecular weight is 267 g/mol. The van der Waals surface area contributed by atoms with Crippen LogP contribution in [0, 0.1) is 0 Å². The molecule has 0 aliphatic rings. The van der Waals surface area contributed by atoms with E-state index in [1.807, 2.05) is 19.2 Å². The van der Waals surface area contributed by atoms with Crippen molar-refractivity contribution in [3.8, 4) is 5.75 Å². The monoisotopic (exact) mass is 266 g/mol. The quantitative estimate of drug-likeness (QED) is 0.915. The van der Waals surface area contributed by atoms with Gasteiger partial charge in [0.2, 0.25) is 0 Å². The van der Waals surface area contributed by atoms with Gasteiger partial charge in [0, 0.05) is 30.1 Å². The number of nitrogens with two attached hydrogens (primary N) is 1. The van der Waals surface area contributed by atoms with Crippen LogP contribution in [0.3, 0.4) is 0 Å². The maximum absolute atomic E-state index is 6.18. The molecular formula is C12H15ClN4O. The van der Waals surface area contributed by atoms with Gasteiger partial charge in [-0.25, -0.2) is 4.98 Å². The predicted octanol–water partition coefficient (Wildman–Crippen LogP) is 1.72. The summed E-state index contributed by atoms with van der Waals surface area (Å²) in [5, 5.41) is 4.65. The summed E-state index contributed by atoms with van der Waals surface area (Å²) in [5.74, 6) is 1.55. The number of rotatable bonds is 4. The Bertz CT molecular complexity index is 541. The molecule has 0 radical (unpaired) electrons. The number of nitrogens with zero attached hydrogens (tertiary/aromatic N) is 3. The van der Waals surface area contributed by atoms with Crippen molar-refractivity contribution in [3.05, 3.63) is 40.9 Å². The summed E-state index contributed by atoms with van der Waals surface area (Å²) < 4.78 is 6.99. The molecule has 1 aromatic carbocycles. The van der Waals surface area contributed by atoms with E-state index in [1.165, 1.54) is 6.33 Å². The molecule has 0 fully saturated rings. The summed E-state index contributed by atoms with van der Waals surface area (Å²) in [6, 6.07) is 5.18. The molecule has 1 atom stereocenters. The number of halogens is 1. The van der Waals surface area contributed by atoms with Crippen molar-refractivity contribution < 1.29 is 4.74 Å². The third-order valence-corrected chi connectivity index (χ3v) is 3.03. The molecule has 2 aromatic rings. The highest BCUT2D eigenvalue weighted by Gasteiger charge is 2.15. The maximum atomic E-state index is 6.18. The number of methoxy groups -OCH3 is 1. The minimum Gasteiger partial charge on any atom is -0.496 e. The van der Waals surface area contributed by atoms with Gasteiger partial charge in [0.1, 0.15) is 17.9 Å². The second kappa shape index (κ2) is 5.37. The molecule has 0 aliphatic heterocycles. The molecule has 0 spiro atoms. The Hall–Kier alpha value is -1.59. The van der Waals surface area contributed by atoms with Crippen molar-refractivity contribution in [3.63, 3.8) is 0 Å². The van der Waals surface area contributed by atoms with Crippen molar-refractivity contribution in [1.82, 2.24) is 14.8 Å². The number of ether oxygens (including phenoxy) is 1. The van der Waals surface area contributed by atoms with Gasteiger partial charge in [-0.3, -0.25) is 4.68 Å². The first-order valence-electron chi connectivity index (χ1n) is 5.53. The molecule has 0 bridgehead atoms. The van der Waals surface area contributed by atoms with E-state index in [1.54, 1.807) is 17.9 Å². The minimum absolute atomic E-state index is 0.235. The third-order valence-electron chi connectivity index (χ3n) is 2.80. The standard InChI is InChI=1S/C12H15ClN4O/c1-17-12(15-7-16-17)6-10(14)9-5-8(13)3-4-11(9)18-2/h3-5,7,10H,6,14H2,1-2H3. The Morgan fingerprint density at radius 3 is 2.89 bits per heavy atom. The number of aromatic nitrogens is 3. The van der Waals surface area contributed by atoms with E-state index in [0.717, 1.165) is 17.1 Å². The summed E-state index contributed by atoms with van der Waals surface area (Å²) in [5.41, 5.74) is 7.05. The van der Waals surface area contributed by atoms with E-state index in [4.69, 9.17) is 22.1 Å². The zero-order valence-corrected chi connectivity index (χ0v) is 11.1. The van der Waals surface area contributed by atoms with Crippen molar-refractivity contribution >= 4 is 11.6 Å². The largest absolute Gasteiger partial charge is 0.496 e. The molecule has 2 N–H and O–H groups in total. The summed E-state index contributed by atoms with van der Waals surface area (Å²) in [4.78, 5) is 4.16. The van der Waals surface area contributed by atoms with Gasteiger partial charge in [0.15, 0.2) is 0 Å². The molecule has 1 aromatic heterocycles. The van der Waals surface area contributed by atoms with Crippen LogP contribution >= 0.6 is 11.6 Å². The first-order valence-corrected chi connectivity index (χ1v) is 5.91. The van der Waals surface area contributed by atoms with Crippen LogP contribution in [0.4, 0.5) is 0 Å². The van der Waals surface area contributed by atoms with Crippen molar-refractivity contribution in [2.24, 2.45) is 12.8 Å². The lowest BCUT2D eigenvalue weighted by molar-refractivity contribution is 0.405. The highest BCUT2D eigenvalue weighted by Crippen LogP contribution is 2.28. The van der Waals surface area contributed by atoms with Crippen LogP contribution in [0.15, 0.2) is 24.5 Å². The fourth-order valence-corrected chi connectivity index (χ4v) is 1.99. The Morgan fingerprint density at radius 2 is 2.28 bits per heavy atom. The van der Waals surface area contributed by atoms with Gasteiger partial charge in [0.25, 0.3) is 0 Å². The van der Waals surface area contributed by atoms with Gasteiger partial charge in [-0.05, 0) is 18.2 Å². The molecule has 1 unspecified atom stereocenters. The van der Waals surface area contributed by atoms with Crippen LogP contribution in [-0.4, -0.2) is 21.9 Å². The predicted molar refractivity (Wildman–Crippen MR) is 69.6 cm³/mol. The van der Waals surface area contributed by atoms with Crippen LogP contribution in [0.5, 0.6) is 5.75 Å². The second-order valence-corrected chi connectivity index (χ2v) is 4.43. The molecule has 5 nitrogen and oxygen atoms in total. The molecule has 18 heavy (non-hydrogen) atoms. The van der Waals surface area contributed by atoms with Crippen LogP contribution in [0.25, 0.3) is 0 Å². The summed E-state index contributed by atoms with van der Waals surface area (Å²) in [7, 11) is 3.45. The van der Waals surface area contributed by atoms with Gasteiger partial charge in [0.05, 0.1) is 7.11 Å². The fourth-order valence-electron chi connectivity index (χ4n) is 1.81. The van der Waals surface area contributed by atoms with Crippen LogP contribution in [0.2, 0.25) is 5.02 Å². The van der Waals surface area contributed by atoms with Gasteiger partial charge < -0.3 is 10.5 Å². The normalized spacial score (nSPS) is 12.4. The van der Waals surface area contributed by atoms with E-state index in [2.05, 4.69) is 10.1 Å². The zero-order valence-electron chi connectivity index (χ0n) is 10.3. The van der Waals surface area contributed by atoms with E-state index in [-0.39, 0.29) is 6.04 Å². The van der Waals surface area contributed by atoms with Crippen molar-refractivity contribution in [2.45, 2.75) is 12.5 Å². The van der Waals surface area contributed by atoms with E-state index < -0.39 is 0 Å². The van der Waals surface area contributed by atoms with Crippen molar-refractivity contribution in [2.75, 3.05) is 7.11 Å². The molecular weight excluding hydrogens is 252 g/mol. The molecule has 96 valence electrons. The van der Waals surface area contributed by atoms with Gasteiger partial charge in [-0.15, -0.1) is 0 Å². The lowest BCUT2D eigenvalue weighted by Crippen LogP contribution is -2.17. The summed E-state index contributed by atoms with van der Waals surface area (Å²) in [6.07, 6.45) is 2.09. The summed E-state index contributed by atoms with van der Waals surface area (Å²) >= 11 is 5.99. The number of hydrogen-bond donors (Lipinski definition) is 1. The van der Waals surface area contributed by atoms with Gasteiger partial charge in [-0.2, -0.15) is 5.10 Å². The van der Waals surface area contributed by atoms with E-state index >= 15 is 0 Å². The first kappa shape index (κ1) is 12.9. The van der Waals surface area contributed by atoms with Crippen LogP contribution < -0.4 is 10.5 Å². The Balaban J connectivity index is 2.25. The first-order chi connectivity index (χ1) is 8.61. The molecule has 0 saturated carbocycles. The SMILES string of the molecule is COc1ccc(Cl)cc1C(N)Cc1ncnn1C. The number of benzene rings is 1. The van der Waals surface area contributed by atoms with Crippen LogP contribution in [-0.2, 0) is 13.5 Å². The maximum Gasteiger partial charge on any atom is 0.138 e. The van der Waals surface area contributed by atoms with E-state index in [0.29, 0.717) is 11.4 Å². The van der Waals surface area contributed by atoms with E-state index in [9.17, 15) is 0 Å². The number of aryl methyl sites for hydroxylation is 1. The molecule has 0 saturated heterocycles. The summed E-state index contributed by atoms with van der Waals surface area (Å²) in [6.45, 7) is 0. The lowest BCUT2D eigenvalue weighted by Gasteiger charge is -2.15. The molecule has 6 heteroatoms. The zero-order chi connectivity index (χ0) is 13.1. The smallest absolute Gasteiger partial charge is 0.138 e. The lowest BCUT2D eigenvalue weighted by atomic mass is 10.0. The Kier molecular flexibility index (Phi) is 3.84. The minimum atomic E-state index is -0.235. The molecule has 1 heterocycles. The Morgan fingerprint density at radius 1 is 1.50 bits per heavy atom. The number of hydrogen-bond acceptors (Lipinski definition) is 4. The van der Waals surface area contributed by atoms with Gasteiger partial charge in [-0.1, -0.05) is 11.6 Å². The average Bonchev–Trinajstić information content (AvgIpc) is 2.75. The van der Waals surface area contributed by atoms with Crippen LogP contribution in [0.1, 0.15) is 17.4 Å². The van der Waals surface area contributed by atoms with Crippen molar-refractivity contribution in [1.29, 1.82) is 0 Å². The second-order valence-electron chi connectivity index (χ2n) is 4.00. The molecule has 0 aliphatic carbocycles. The fraction of sp³-hybridized carbons (Fsp3) is 0.333. The Labute approximate surface area is 111 Å².